The van der Waals surface area contributed by atoms with E-state index in [-0.39, 0.29) is 12.4 Å². The molecule has 0 aromatic carbocycles. The molecule has 0 atom stereocenters. The van der Waals surface area contributed by atoms with Crippen LogP contribution in [0.2, 0.25) is 0 Å². The predicted octanol–water partition coefficient (Wildman–Crippen LogP) is 2.37. The standard InChI is InChI=1S/C10H17N.ClH/c1-2-4-9(3-1)5-6-10-7-11-8-10;/h5-6,9-11H,1-4,7-8H2;1H/b6-5+;. The van der Waals surface area contributed by atoms with Crippen LogP contribution in [0.3, 0.4) is 0 Å². The summed E-state index contributed by atoms with van der Waals surface area (Å²) in [6.07, 6.45) is 10.7. The summed E-state index contributed by atoms with van der Waals surface area (Å²) >= 11 is 0. The zero-order chi connectivity index (χ0) is 7.52. The van der Waals surface area contributed by atoms with Gasteiger partial charge in [-0.1, -0.05) is 25.0 Å². The van der Waals surface area contributed by atoms with Crippen LogP contribution in [0.15, 0.2) is 12.2 Å². The number of halogens is 1. The highest BCUT2D eigenvalue weighted by Crippen LogP contribution is 2.26. The molecular weight excluding hydrogens is 170 g/mol. The molecule has 0 aromatic rings. The number of hydrogen-bond donors (Lipinski definition) is 1. The predicted molar refractivity (Wildman–Crippen MR) is 54.7 cm³/mol. The van der Waals surface area contributed by atoms with E-state index in [0.29, 0.717) is 0 Å². The molecule has 1 heterocycles. The van der Waals surface area contributed by atoms with Crippen LogP contribution in [0.5, 0.6) is 0 Å². The highest BCUT2D eigenvalue weighted by atomic mass is 35.5. The average molecular weight is 188 g/mol. The van der Waals surface area contributed by atoms with Crippen LogP contribution in [0.4, 0.5) is 0 Å². The van der Waals surface area contributed by atoms with Crippen molar-refractivity contribution < 1.29 is 0 Å². The Kier molecular flexibility index (Phi) is 4.10. The maximum Gasteiger partial charge on any atom is 0.00266 e. The van der Waals surface area contributed by atoms with E-state index >= 15 is 0 Å². The summed E-state index contributed by atoms with van der Waals surface area (Å²) in [6, 6.07) is 0. The molecule has 1 saturated heterocycles. The van der Waals surface area contributed by atoms with Crippen molar-refractivity contribution in [1.29, 1.82) is 0 Å². The van der Waals surface area contributed by atoms with Crippen LogP contribution in [0, 0.1) is 11.8 Å². The van der Waals surface area contributed by atoms with Gasteiger partial charge in [0.25, 0.3) is 0 Å². The third-order valence-electron chi connectivity index (χ3n) is 2.87. The van der Waals surface area contributed by atoms with Crippen molar-refractivity contribution in [3.05, 3.63) is 12.2 Å². The van der Waals surface area contributed by atoms with Gasteiger partial charge in [0.15, 0.2) is 0 Å². The first-order valence-corrected chi connectivity index (χ1v) is 4.84. The van der Waals surface area contributed by atoms with Crippen LogP contribution in [0.1, 0.15) is 25.7 Å². The van der Waals surface area contributed by atoms with Gasteiger partial charge in [0, 0.05) is 19.0 Å². The summed E-state index contributed by atoms with van der Waals surface area (Å²) in [6.45, 7) is 2.42. The molecule has 0 unspecified atom stereocenters. The first-order chi connectivity index (χ1) is 5.45. The average Bonchev–Trinajstić information content (AvgIpc) is 2.36. The lowest BCUT2D eigenvalue weighted by Crippen LogP contribution is -2.40. The molecule has 12 heavy (non-hydrogen) atoms. The quantitative estimate of drug-likeness (QED) is 0.655. The largest absolute Gasteiger partial charge is 0.315 e. The summed E-state index contributed by atoms with van der Waals surface area (Å²) in [7, 11) is 0. The maximum absolute atomic E-state index is 3.29. The fourth-order valence-corrected chi connectivity index (χ4v) is 1.91. The van der Waals surface area contributed by atoms with Gasteiger partial charge in [-0.05, 0) is 18.8 Å². The Morgan fingerprint density at radius 2 is 1.50 bits per heavy atom. The molecule has 2 heteroatoms. The molecule has 1 aliphatic heterocycles. The van der Waals surface area contributed by atoms with E-state index in [2.05, 4.69) is 17.5 Å². The Morgan fingerprint density at radius 1 is 0.917 bits per heavy atom. The lowest BCUT2D eigenvalue weighted by Gasteiger charge is -2.23. The number of rotatable bonds is 2. The third-order valence-corrected chi connectivity index (χ3v) is 2.87. The van der Waals surface area contributed by atoms with Gasteiger partial charge in [-0.15, -0.1) is 12.4 Å². The van der Waals surface area contributed by atoms with E-state index in [1.54, 1.807) is 0 Å². The van der Waals surface area contributed by atoms with Crippen molar-refractivity contribution in [2.45, 2.75) is 25.7 Å². The van der Waals surface area contributed by atoms with Crippen molar-refractivity contribution in [2.24, 2.45) is 11.8 Å². The Hall–Kier alpha value is -0.0100. The molecular formula is C10H18ClN. The summed E-state index contributed by atoms with van der Waals surface area (Å²) in [4.78, 5) is 0. The van der Waals surface area contributed by atoms with Gasteiger partial charge in [-0.3, -0.25) is 0 Å². The van der Waals surface area contributed by atoms with E-state index in [4.69, 9.17) is 0 Å². The fraction of sp³-hybridized carbons (Fsp3) is 0.800. The van der Waals surface area contributed by atoms with Gasteiger partial charge in [0.2, 0.25) is 0 Å². The molecule has 0 spiro atoms. The Bertz CT molecular complexity index is 146. The van der Waals surface area contributed by atoms with Gasteiger partial charge in [-0.25, -0.2) is 0 Å². The van der Waals surface area contributed by atoms with Crippen LogP contribution >= 0.6 is 12.4 Å². The lowest BCUT2D eigenvalue weighted by molar-refractivity contribution is 0.416. The molecule has 0 amide bonds. The van der Waals surface area contributed by atoms with Crippen LogP contribution in [-0.4, -0.2) is 13.1 Å². The molecule has 2 aliphatic rings. The summed E-state index contributed by atoms with van der Waals surface area (Å²) in [5.74, 6) is 1.78. The molecule has 0 radical (unpaired) electrons. The molecule has 2 rings (SSSR count). The molecule has 1 N–H and O–H groups in total. The summed E-state index contributed by atoms with van der Waals surface area (Å²) in [5, 5.41) is 3.29. The second-order valence-electron chi connectivity index (χ2n) is 3.85. The fourth-order valence-electron chi connectivity index (χ4n) is 1.91. The Balaban J connectivity index is 0.000000720. The minimum absolute atomic E-state index is 0. The van der Waals surface area contributed by atoms with Crippen molar-refractivity contribution in [3.8, 4) is 0 Å². The summed E-state index contributed by atoms with van der Waals surface area (Å²) in [5.41, 5.74) is 0. The van der Waals surface area contributed by atoms with Crippen LogP contribution in [-0.2, 0) is 0 Å². The highest BCUT2D eigenvalue weighted by Gasteiger charge is 2.15. The molecule has 0 aromatic heterocycles. The first kappa shape index (κ1) is 10.1. The second-order valence-corrected chi connectivity index (χ2v) is 3.85. The van der Waals surface area contributed by atoms with Crippen molar-refractivity contribution in [1.82, 2.24) is 5.32 Å². The maximum atomic E-state index is 3.29. The van der Waals surface area contributed by atoms with Gasteiger partial charge >= 0.3 is 0 Å². The van der Waals surface area contributed by atoms with Gasteiger partial charge in [0.1, 0.15) is 0 Å². The van der Waals surface area contributed by atoms with E-state index in [0.717, 1.165) is 11.8 Å². The third kappa shape index (κ3) is 2.49. The minimum Gasteiger partial charge on any atom is -0.315 e. The normalized spacial score (nSPS) is 25.7. The molecule has 1 nitrogen and oxygen atoms in total. The minimum atomic E-state index is 0. The second kappa shape index (κ2) is 4.88. The Labute approximate surface area is 81.0 Å². The van der Waals surface area contributed by atoms with Crippen LogP contribution < -0.4 is 5.32 Å². The van der Waals surface area contributed by atoms with Crippen LogP contribution in [0.25, 0.3) is 0 Å². The van der Waals surface area contributed by atoms with Gasteiger partial charge in [0.05, 0.1) is 0 Å². The van der Waals surface area contributed by atoms with Crippen molar-refractivity contribution >= 4 is 12.4 Å². The number of nitrogens with one attached hydrogen (secondary N) is 1. The topological polar surface area (TPSA) is 12.0 Å². The van der Waals surface area contributed by atoms with E-state index in [1.165, 1.54) is 38.8 Å². The Morgan fingerprint density at radius 3 is 2.00 bits per heavy atom. The van der Waals surface area contributed by atoms with Gasteiger partial charge in [-0.2, -0.15) is 0 Å². The van der Waals surface area contributed by atoms with E-state index in [9.17, 15) is 0 Å². The molecule has 2 fully saturated rings. The molecule has 1 aliphatic carbocycles. The van der Waals surface area contributed by atoms with Crippen molar-refractivity contribution in [3.63, 3.8) is 0 Å². The SMILES string of the molecule is C(=C\C1CNC1)/C1CCCC1.Cl. The lowest BCUT2D eigenvalue weighted by atomic mass is 9.99. The highest BCUT2D eigenvalue weighted by molar-refractivity contribution is 5.85. The van der Waals surface area contributed by atoms with E-state index < -0.39 is 0 Å². The zero-order valence-electron chi connectivity index (χ0n) is 7.46. The number of hydrogen-bond acceptors (Lipinski definition) is 1. The smallest absolute Gasteiger partial charge is 0.00266 e. The van der Waals surface area contributed by atoms with Crippen molar-refractivity contribution in [2.75, 3.05) is 13.1 Å². The molecule has 1 saturated carbocycles. The monoisotopic (exact) mass is 187 g/mol. The first-order valence-electron chi connectivity index (χ1n) is 4.84. The van der Waals surface area contributed by atoms with Gasteiger partial charge < -0.3 is 5.32 Å². The molecule has 70 valence electrons. The summed E-state index contributed by atoms with van der Waals surface area (Å²) < 4.78 is 0. The number of allylic oxidation sites excluding steroid dienone is 1. The zero-order valence-corrected chi connectivity index (χ0v) is 8.28. The molecule has 0 bridgehead atoms. The van der Waals surface area contributed by atoms with E-state index in [1.807, 2.05) is 0 Å².